The lowest BCUT2D eigenvalue weighted by atomic mass is 9.90. The number of nitrogens with zero attached hydrogens (tertiary/aromatic N) is 2. The van der Waals surface area contributed by atoms with E-state index in [0.29, 0.717) is 53.5 Å². The molecular formula is C32H33ClN2O7. The number of rotatable bonds is 10. The predicted molar refractivity (Wildman–Crippen MR) is 158 cm³/mol. The Morgan fingerprint density at radius 2 is 1.88 bits per heavy atom. The Labute approximate surface area is 249 Å². The summed E-state index contributed by atoms with van der Waals surface area (Å²) in [5.74, 6) is -2.15. The molecule has 0 aliphatic carbocycles. The van der Waals surface area contributed by atoms with Crippen molar-refractivity contribution in [3.63, 3.8) is 0 Å². The Morgan fingerprint density at radius 1 is 1.12 bits per heavy atom. The van der Waals surface area contributed by atoms with Crippen LogP contribution in [0.2, 0.25) is 5.02 Å². The highest BCUT2D eigenvalue weighted by Crippen LogP contribution is 2.32. The molecule has 0 spiro atoms. The average molecular weight is 593 g/mol. The van der Waals surface area contributed by atoms with Gasteiger partial charge in [-0.3, -0.25) is 14.5 Å². The summed E-state index contributed by atoms with van der Waals surface area (Å²) in [6.45, 7) is 1.85. The van der Waals surface area contributed by atoms with Gasteiger partial charge in [0.05, 0.1) is 19.4 Å². The number of benzene rings is 3. The second-order valence-corrected chi connectivity index (χ2v) is 10.6. The first-order valence-corrected chi connectivity index (χ1v) is 14.1. The molecule has 3 aromatic rings. The topological polar surface area (TPSA) is 126 Å². The Morgan fingerprint density at radius 3 is 2.57 bits per heavy atom. The molecule has 1 saturated heterocycles. The zero-order chi connectivity index (χ0) is 30.2. The second kappa shape index (κ2) is 14.0. The van der Waals surface area contributed by atoms with Crippen molar-refractivity contribution >= 4 is 35.1 Å². The Kier molecular flexibility index (Phi) is 10.2. The number of hydrogen-bond donors (Lipinski definition) is 2. The number of carbonyl (C=O) groups excluding carboxylic acids is 2. The van der Waals surface area contributed by atoms with Crippen LogP contribution in [0.15, 0.2) is 71.9 Å². The van der Waals surface area contributed by atoms with E-state index in [1.807, 2.05) is 25.1 Å². The van der Waals surface area contributed by atoms with E-state index in [2.05, 4.69) is 5.16 Å². The first kappa shape index (κ1) is 30.6. The van der Waals surface area contributed by atoms with Crippen molar-refractivity contribution in [1.82, 2.24) is 4.90 Å². The quantitative estimate of drug-likeness (QED) is 0.273. The third kappa shape index (κ3) is 7.47. The number of carboxylic acids is 1. The molecule has 0 bridgehead atoms. The van der Waals surface area contributed by atoms with Gasteiger partial charge in [-0.15, -0.1) is 0 Å². The number of carboxylic acid groups (broad SMARTS) is 1. The monoisotopic (exact) mass is 592 g/mol. The second-order valence-electron chi connectivity index (χ2n) is 10.2. The zero-order valence-electron chi connectivity index (χ0n) is 23.5. The van der Waals surface area contributed by atoms with Crippen LogP contribution in [-0.2, 0) is 16.0 Å². The van der Waals surface area contributed by atoms with Gasteiger partial charge >= 0.3 is 5.97 Å². The molecular weight excluding hydrogens is 560 g/mol. The van der Waals surface area contributed by atoms with Gasteiger partial charge in [0, 0.05) is 17.4 Å². The molecule has 1 fully saturated rings. The van der Waals surface area contributed by atoms with Crippen LogP contribution in [0.25, 0.3) is 0 Å². The van der Waals surface area contributed by atoms with Crippen molar-refractivity contribution < 1.29 is 34.2 Å². The summed E-state index contributed by atoms with van der Waals surface area (Å²) in [6.07, 6.45) is 1.67. The maximum atomic E-state index is 13.9. The highest BCUT2D eigenvalue weighted by molar-refractivity contribution is 6.30. The molecule has 3 aromatic carbocycles. The number of para-hydroxylation sites is 1. The van der Waals surface area contributed by atoms with Crippen molar-refractivity contribution in [3.8, 4) is 17.2 Å². The standard InChI is InChI=1S/C32H33ClN2O7/c1-3-20(21-10-13-28(36)27(17-21)32(39)40)18-30(37)35-19-25(34-42-26-7-5-4-6-8-26)12-9-22(31(35)38)15-23-16-24(33)11-14-29(23)41-2/h4-8,10-11,13-14,16-17,20,22,36H,3,9,12,15,18-19H2,1-2H3,(H,39,40)/b34-25+/t20-,22?/m0/s1. The van der Waals surface area contributed by atoms with Crippen molar-refractivity contribution in [3.05, 3.63) is 88.4 Å². The SMILES string of the molecule is CC[C@@H](CC(=O)N1C/C(=N/Oc2ccccc2)CCC(Cc2cc(Cl)ccc2OC)C1=O)c1ccc(O)c(C(=O)O)c1. The molecule has 9 nitrogen and oxygen atoms in total. The number of methoxy groups -OCH3 is 1. The average Bonchev–Trinajstić information content (AvgIpc) is 3.14. The molecule has 0 saturated carbocycles. The highest BCUT2D eigenvalue weighted by Gasteiger charge is 2.35. The number of ether oxygens (including phenoxy) is 1. The lowest BCUT2D eigenvalue weighted by Gasteiger charge is -2.25. The van der Waals surface area contributed by atoms with E-state index >= 15 is 0 Å². The fourth-order valence-electron chi connectivity index (χ4n) is 5.07. The molecule has 10 heteroatoms. The third-order valence-electron chi connectivity index (χ3n) is 7.41. The zero-order valence-corrected chi connectivity index (χ0v) is 24.2. The highest BCUT2D eigenvalue weighted by atomic mass is 35.5. The summed E-state index contributed by atoms with van der Waals surface area (Å²) < 4.78 is 5.49. The Hall–Kier alpha value is -4.37. The fraction of sp³-hybridized carbons (Fsp3) is 0.312. The number of imide groups is 1. The van der Waals surface area contributed by atoms with Crippen LogP contribution < -0.4 is 9.57 Å². The van der Waals surface area contributed by atoms with Gasteiger partial charge in [-0.2, -0.15) is 0 Å². The summed E-state index contributed by atoms with van der Waals surface area (Å²) >= 11 is 6.24. The number of aromatic hydroxyl groups is 1. The number of likely N-dealkylation sites (tertiary alicyclic amines) is 1. The number of hydrogen-bond acceptors (Lipinski definition) is 7. The number of halogens is 1. The Bertz CT molecular complexity index is 1470. The van der Waals surface area contributed by atoms with Crippen molar-refractivity contribution in [1.29, 1.82) is 0 Å². The molecule has 2 atom stereocenters. The minimum absolute atomic E-state index is 0.0277. The van der Waals surface area contributed by atoms with Crippen molar-refractivity contribution in [2.75, 3.05) is 13.7 Å². The first-order valence-electron chi connectivity index (χ1n) is 13.7. The maximum absolute atomic E-state index is 13.9. The van der Waals surface area contributed by atoms with Gasteiger partial charge in [0.15, 0.2) is 5.75 Å². The molecule has 2 amide bonds. The van der Waals surface area contributed by atoms with Gasteiger partial charge < -0.3 is 19.8 Å². The van der Waals surface area contributed by atoms with Gasteiger partial charge in [0.2, 0.25) is 11.8 Å². The maximum Gasteiger partial charge on any atom is 0.339 e. The molecule has 1 aliphatic rings. The molecule has 220 valence electrons. The third-order valence-corrected chi connectivity index (χ3v) is 7.64. The number of aromatic carboxylic acids is 1. The van der Waals surface area contributed by atoms with E-state index < -0.39 is 17.8 Å². The van der Waals surface area contributed by atoms with E-state index in [1.54, 1.807) is 43.5 Å². The van der Waals surface area contributed by atoms with Gasteiger partial charge in [-0.05, 0) is 85.2 Å². The normalized spacial score (nSPS) is 17.0. The van der Waals surface area contributed by atoms with Crippen LogP contribution >= 0.6 is 11.6 Å². The molecule has 0 radical (unpaired) electrons. The van der Waals surface area contributed by atoms with E-state index in [1.165, 1.54) is 17.0 Å². The number of carbonyl (C=O) groups is 3. The number of oxime groups is 1. The number of phenols is 1. The smallest absolute Gasteiger partial charge is 0.339 e. The van der Waals surface area contributed by atoms with Gasteiger partial charge in [0.1, 0.15) is 17.1 Å². The van der Waals surface area contributed by atoms with Crippen LogP contribution in [-0.4, -0.2) is 52.3 Å². The molecule has 42 heavy (non-hydrogen) atoms. The summed E-state index contributed by atoms with van der Waals surface area (Å²) in [4.78, 5) is 46.1. The lowest BCUT2D eigenvalue weighted by molar-refractivity contribution is -0.146. The van der Waals surface area contributed by atoms with Gasteiger partial charge in [0.25, 0.3) is 0 Å². The van der Waals surface area contributed by atoms with Crippen LogP contribution in [0, 0.1) is 5.92 Å². The van der Waals surface area contributed by atoms with Crippen LogP contribution in [0.1, 0.15) is 60.0 Å². The van der Waals surface area contributed by atoms with Gasteiger partial charge in [-0.1, -0.05) is 47.9 Å². The summed E-state index contributed by atoms with van der Waals surface area (Å²) in [5, 5.41) is 24.2. The van der Waals surface area contributed by atoms with Crippen molar-refractivity contribution in [2.45, 2.75) is 44.9 Å². The van der Waals surface area contributed by atoms with Crippen LogP contribution in [0.3, 0.4) is 0 Å². The minimum atomic E-state index is -1.27. The summed E-state index contributed by atoms with van der Waals surface area (Å²) in [5.41, 5.74) is 1.65. The summed E-state index contributed by atoms with van der Waals surface area (Å²) in [7, 11) is 1.55. The van der Waals surface area contributed by atoms with Crippen molar-refractivity contribution in [2.24, 2.45) is 11.1 Å². The van der Waals surface area contributed by atoms with E-state index in [-0.39, 0.29) is 36.1 Å². The molecule has 4 rings (SSSR count). The molecule has 2 N–H and O–H groups in total. The van der Waals surface area contributed by atoms with Gasteiger partial charge in [-0.25, -0.2) is 4.79 Å². The van der Waals surface area contributed by atoms with Crippen LogP contribution in [0.5, 0.6) is 17.2 Å². The minimum Gasteiger partial charge on any atom is -0.507 e. The van der Waals surface area contributed by atoms with E-state index in [4.69, 9.17) is 21.2 Å². The molecule has 1 unspecified atom stereocenters. The Balaban J connectivity index is 1.62. The van der Waals surface area contributed by atoms with E-state index in [0.717, 1.165) is 5.56 Å². The number of amides is 2. The molecule has 1 heterocycles. The fourth-order valence-corrected chi connectivity index (χ4v) is 5.26. The van der Waals surface area contributed by atoms with E-state index in [9.17, 15) is 24.6 Å². The van der Waals surface area contributed by atoms with Crippen LogP contribution in [0.4, 0.5) is 0 Å². The predicted octanol–water partition coefficient (Wildman–Crippen LogP) is 6.08. The molecule has 0 aromatic heterocycles. The first-order chi connectivity index (χ1) is 20.2. The summed E-state index contributed by atoms with van der Waals surface area (Å²) in [6, 6.07) is 18.5. The molecule has 1 aliphatic heterocycles. The lowest BCUT2D eigenvalue weighted by Crippen LogP contribution is -2.42. The largest absolute Gasteiger partial charge is 0.507 e.